The Hall–Kier alpha value is -3.37. The lowest BCUT2D eigenvalue weighted by Gasteiger charge is -2.05. The minimum absolute atomic E-state index is 0.00830. The van der Waals surface area contributed by atoms with Crippen molar-refractivity contribution in [1.29, 1.82) is 0 Å². The third kappa shape index (κ3) is 4.39. The molecule has 0 spiro atoms. The lowest BCUT2D eigenvalue weighted by molar-refractivity contribution is 0.101. The monoisotopic (exact) mass is 456 g/mol. The van der Waals surface area contributed by atoms with Crippen molar-refractivity contribution in [2.75, 3.05) is 11.1 Å². The van der Waals surface area contributed by atoms with Gasteiger partial charge in [-0.15, -0.1) is 16.4 Å². The van der Waals surface area contributed by atoms with E-state index in [1.165, 1.54) is 52.4 Å². The van der Waals surface area contributed by atoms with E-state index in [2.05, 4.69) is 15.4 Å². The summed E-state index contributed by atoms with van der Waals surface area (Å²) in [7, 11) is -3.33. The van der Waals surface area contributed by atoms with Crippen LogP contribution in [0.5, 0.6) is 0 Å². The molecule has 1 amide bonds. The molecule has 0 aliphatic carbocycles. The van der Waals surface area contributed by atoms with E-state index >= 15 is 0 Å². The summed E-state index contributed by atoms with van der Waals surface area (Å²) < 4.78 is 39.0. The van der Waals surface area contributed by atoms with E-state index in [9.17, 15) is 17.6 Å². The van der Waals surface area contributed by atoms with Gasteiger partial charge >= 0.3 is 0 Å². The molecule has 0 saturated heterocycles. The quantitative estimate of drug-likeness (QED) is 0.470. The highest BCUT2D eigenvalue weighted by molar-refractivity contribution is 7.91. The van der Waals surface area contributed by atoms with Crippen LogP contribution >= 0.6 is 11.3 Å². The molecule has 0 bridgehead atoms. The van der Waals surface area contributed by atoms with Crippen LogP contribution in [0, 0.1) is 5.82 Å². The van der Waals surface area contributed by atoms with Crippen molar-refractivity contribution in [3.05, 3.63) is 77.7 Å². The Balaban J connectivity index is 1.65. The average molecular weight is 457 g/mol. The number of amides is 1. The smallest absolute Gasteiger partial charge is 0.295 e. The predicted octanol–water partition coefficient (Wildman–Crippen LogP) is 4.18. The number of thiophene rings is 1. The fraction of sp³-hybridized carbons (Fsp3) is 0.0952. The summed E-state index contributed by atoms with van der Waals surface area (Å²) in [6.07, 6.45) is 0. The van der Waals surface area contributed by atoms with E-state index in [1.807, 2.05) is 17.5 Å². The van der Waals surface area contributed by atoms with Crippen LogP contribution in [0.2, 0.25) is 0 Å². The van der Waals surface area contributed by atoms with E-state index in [0.29, 0.717) is 17.2 Å². The Morgan fingerprint density at radius 1 is 1.13 bits per heavy atom. The average Bonchev–Trinajstić information content (AvgIpc) is 3.44. The van der Waals surface area contributed by atoms with Gasteiger partial charge < -0.3 is 5.32 Å². The minimum atomic E-state index is -3.33. The third-order valence-corrected chi connectivity index (χ3v) is 7.07. The minimum Gasteiger partial charge on any atom is -0.319 e. The highest BCUT2D eigenvalue weighted by Crippen LogP contribution is 2.26. The Bertz CT molecular complexity index is 1330. The molecule has 1 N–H and O–H groups in total. The molecule has 2 aromatic heterocycles. The number of aromatic nitrogens is 3. The summed E-state index contributed by atoms with van der Waals surface area (Å²) in [4.78, 5) is 18.1. The molecular weight excluding hydrogens is 439 g/mol. The molecule has 0 aliphatic heterocycles. The Morgan fingerprint density at radius 2 is 1.90 bits per heavy atom. The standard InChI is InChI=1S/C21H17FN4O3S2/c1-2-31(28,29)17-10-8-15(9-11-17)23-21(27)19-24-20(18-7-4-12-30-18)26(25-19)16-6-3-5-14(22)13-16/h3-13H,2H2,1H3,(H,23,27). The second-order valence-corrected chi connectivity index (χ2v) is 9.74. The maximum Gasteiger partial charge on any atom is 0.295 e. The van der Waals surface area contributed by atoms with Crippen LogP contribution in [0.3, 0.4) is 0 Å². The molecule has 10 heteroatoms. The molecule has 0 fully saturated rings. The zero-order chi connectivity index (χ0) is 22.0. The first-order valence-corrected chi connectivity index (χ1v) is 11.8. The van der Waals surface area contributed by atoms with E-state index in [1.54, 1.807) is 19.1 Å². The fourth-order valence-electron chi connectivity index (χ4n) is 2.86. The van der Waals surface area contributed by atoms with Gasteiger partial charge in [0.25, 0.3) is 5.91 Å². The zero-order valence-electron chi connectivity index (χ0n) is 16.3. The van der Waals surface area contributed by atoms with Crippen LogP contribution in [0.25, 0.3) is 16.4 Å². The fourth-order valence-corrected chi connectivity index (χ4v) is 4.44. The van der Waals surface area contributed by atoms with E-state index < -0.39 is 21.6 Å². The number of sulfone groups is 1. The Kier molecular flexibility index (Phi) is 5.66. The first-order chi connectivity index (χ1) is 14.9. The lowest BCUT2D eigenvalue weighted by Crippen LogP contribution is -2.14. The Labute approximate surface area is 182 Å². The van der Waals surface area contributed by atoms with Crippen LogP contribution in [0.1, 0.15) is 17.5 Å². The van der Waals surface area contributed by atoms with Gasteiger partial charge in [0, 0.05) is 5.69 Å². The van der Waals surface area contributed by atoms with Crippen molar-refractivity contribution in [3.63, 3.8) is 0 Å². The number of benzene rings is 2. The molecule has 0 aliphatic rings. The number of nitrogens with one attached hydrogen (secondary N) is 1. The number of anilines is 1. The molecule has 0 atom stereocenters. The maximum absolute atomic E-state index is 13.7. The van der Waals surface area contributed by atoms with Gasteiger partial charge in [0.2, 0.25) is 5.82 Å². The van der Waals surface area contributed by atoms with Crippen molar-refractivity contribution in [1.82, 2.24) is 14.8 Å². The first kappa shape index (κ1) is 20.9. The van der Waals surface area contributed by atoms with Gasteiger partial charge in [-0.25, -0.2) is 22.5 Å². The normalized spacial score (nSPS) is 11.4. The lowest BCUT2D eigenvalue weighted by atomic mass is 10.3. The molecule has 7 nitrogen and oxygen atoms in total. The van der Waals surface area contributed by atoms with Gasteiger partial charge in [-0.1, -0.05) is 19.1 Å². The molecular formula is C21H17FN4O3S2. The highest BCUT2D eigenvalue weighted by atomic mass is 32.2. The van der Waals surface area contributed by atoms with Gasteiger partial charge in [0.1, 0.15) is 5.82 Å². The van der Waals surface area contributed by atoms with Crippen molar-refractivity contribution < 1.29 is 17.6 Å². The molecule has 2 heterocycles. The number of halogens is 1. The van der Waals surface area contributed by atoms with Crippen molar-refractivity contribution in [3.8, 4) is 16.4 Å². The van der Waals surface area contributed by atoms with Crippen LogP contribution in [-0.2, 0) is 9.84 Å². The summed E-state index contributed by atoms with van der Waals surface area (Å²) in [5, 5.41) is 8.81. The van der Waals surface area contributed by atoms with Crippen LogP contribution in [0.15, 0.2) is 70.9 Å². The van der Waals surface area contributed by atoms with Crippen LogP contribution < -0.4 is 5.32 Å². The molecule has 2 aromatic carbocycles. The molecule has 31 heavy (non-hydrogen) atoms. The summed E-state index contributed by atoms with van der Waals surface area (Å²) in [6, 6.07) is 15.4. The van der Waals surface area contributed by atoms with E-state index in [0.717, 1.165) is 4.88 Å². The molecule has 4 rings (SSSR count). The number of nitrogens with zero attached hydrogens (tertiary/aromatic N) is 3. The number of hydrogen-bond donors (Lipinski definition) is 1. The van der Waals surface area contributed by atoms with Gasteiger partial charge in [-0.2, -0.15) is 0 Å². The topological polar surface area (TPSA) is 94.0 Å². The number of hydrogen-bond acceptors (Lipinski definition) is 6. The summed E-state index contributed by atoms with van der Waals surface area (Å²) >= 11 is 1.42. The number of carbonyl (C=O) groups is 1. The zero-order valence-corrected chi connectivity index (χ0v) is 18.0. The first-order valence-electron chi connectivity index (χ1n) is 9.28. The maximum atomic E-state index is 13.7. The van der Waals surface area contributed by atoms with Crippen molar-refractivity contribution in [2.24, 2.45) is 0 Å². The Morgan fingerprint density at radius 3 is 2.55 bits per heavy atom. The molecule has 0 unspecified atom stereocenters. The van der Waals surface area contributed by atoms with Gasteiger partial charge in [0.15, 0.2) is 15.7 Å². The molecule has 0 saturated carbocycles. The van der Waals surface area contributed by atoms with E-state index in [-0.39, 0.29) is 16.5 Å². The SMILES string of the molecule is CCS(=O)(=O)c1ccc(NC(=O)c2nc(-c3cccs3)n(-c3cccc(F)c3)n2)cc1. The number of rotatable bonds is 6. The highest BCUT2D eigenvalue weighted by Gasteiger charge is 2.20. The van der Waals surface area contributed by atoms with Crippen molar-refractivity contribution in [2.45, 2.75) is 11.8 Å². The van der Waals surface area contributed by atoms with E-state index in [4.69, 9.17) is 0 Å². The van der Waals surface area contributed by atoms with Gasteiger partial charge in [-0.05, 0) is 53.9 Å². The second kappa shape index (κ2) is 8.40. The molecule has 158 valence electrons. The summed E-state index contributed by atoms with van der Waals surface area (Å²) in [5.41, 5.74) is 0.837. The van der Waals surface area contributed by atoms with Crippen LogP contribution in [0.4, 0.5) is 10.1 Å². The van der Waals surface area contributed by atoms with Gasteiger partial charge in [-0.3, -0.25) is 4.79 Å². The number of carbonyl (C=O) groups excluding carboxylic acids is 1. The largest absolute Gasteiger partial charge is 0.319 e. The second-order valence-electron chi connectivity index (χ2n) is 6.51. The predicted molar refractivity (Wildman–Crippen MR) is 117 cm³/mol. The van der Waals surface area contributed by atoms with Crippen molar-refractivity contribution >= 4 is 32.8 Å². The third-order valence-electron chi connectivity index (χ3n) is 4.46. The summed E-state index contributed by atoms with van der Waals surface area (Å²) in [5.74, 6) is -0.698. The molecule has 0 radical (unpaired) electrons. The molecule has 4 aromatic rings. The van der Waals surface area contributed by atoms with Crippen LogP contribution in [-0.4, -0.2) is 34.8 Å². The summed E-state index contributed by atoms with van der Waals surface area (Å²) in [6.45, 7) is 1.57. The van der Waals surface area contributed by atoms with Gasteiger partial charge in [0.05, 0.1) is 21.2 Å².